The first-order chi connectivity index (χ1) is 12.2. The van der Waals surface area contributed by atoms with Gasteiger partial charge in [0.1, 0.15) is 5.70 Å². The third-order valence-electron chi connectivity index (χ3n) is 4.62. The minimum absolute atomic E-state index is 0.198. The molecule has 0 saturated carbocycles. The monoisotopic (exact) mass is 372 g/mol. The van der Waals surface area contributed by atoms with Crippen LogP contribution in [0.3, 0.4) is 0 Å². The molecule has 0 spiro atoms. The molecule has 6 heteroatoms. The van der Waals surface area contributed by atoms with E-state index in [1.165, 1.54) is 16.2 Å². The van der Waals surface area contributed by atoms with Gasteiger partial charge in [0.2, 0.25) is 0 Å². The van der Waals surface area contributed by atoms with E-state index in [-0.39, 0.29) is 18.4 Å². The molecule has 3 heterocycles. The number of rotatable bonds is 4. The first-order valence-corrected chi connectivity index (χ1v) is 9.55. The summed E-state index contributed by atoms with van der Waals surface area (Å²) in [6.07, 6.45) is 2.10. The zero-order valence-corrected chi connectivity index (χ0v) is 15.1. The maximum absolute atomic E-state index is 13.1. The molecular formula is C19H17ClN2O2S. The van der Waals surface area contributed by atoms with Gasteiger partial charge in [0.05, 0.1) is 12.1 Å². The van der Waals surface area contributed by atoms with Gasteiger partial charge in [-0.25, -0.2) is 0 Å². The van der Waals surface area contributed by atoms with Crippen molar-refractivity contribution < 1.29 is 9.59 Å². The van der Waals surface area contributed by atoms with Crippen molar-refractivity contribution in [3.63, 3.8) is 0 Å². The Morgan fingerprint density at radius 3 is 2.44 bits per heavy atom. The number of likely N-dealkylation sites (tertiary alicyclic amines) is 1. The molecule has 1 saturated heterocycles. The van der Waals surface area contributed by atoms with E-state index in [2.05, 4.69) is 4.90 Å². The molecule has 25 heavy (non-hydrogen) atoms. The molecule has 4 rings (SSSR count). The summed E-state index contributed by atoms with van der Waals surface area (Å²) in [5.74, 6) is -0.440. The third-order valence-corrected chi connectivity index (χ3v) is 5.88. The maximum atomic E-state index is 13.1. The molecule has 4 nitrogen and oxygen atoms in total. The lowest BCUT2D eigenvalue weighted by atomic mass is 10.1. The fourth-order valence-electron chi connectivity index (χ4n) is 3.38. The van der Waals surface area contributed by atoms with Crippen molar-refractivity contribution in [2.24, 2.45) is 0 Å². The van der Waals surface area contributed by atoms with Crippen molar-refractivity contribution in [3.05, 3.63) is 62.9 Å². The summed E-state index contributed by atoms with van der Waals surface area (Å²) in [5, 5.41) is 2.49. The standard InChI is InChI=1S/C19H17ClN2O2S/c20-14-7-2-1-6-13(14)12-22-18(23)16(15-8-5-11-25-15)17(19(22)24)21-9-3-4-10-21/h1-2,5-8,11H,3-4,9-10,12H2. The van der Waals surface area contributed by atoms with Gasteiger partial charge in [-0.2, -0.15) is 0 Å². The quantitative estimate of drug-likeness (QED) is 0.767. The van der Waals surface area contributed by atoms with Crippen LogP contribution in [0.1, 0.15) is 23.3 Å². The molecule has 1 aromatic heterocycles. The highest BCUT2D eigenvalue weighted by Gasteiger charge is 2.42. The second-order valence-electron chi connectivity index (χ2n) is 6.18. The van der Waals surface area contributed by atoms with Crippen LogP contribution in [-0.4, -0.2) is 34.7 Å². The summed E-state index contributed by atoms with van der Waals surface area (Å²) in [7, 11) is 0. The van der Waals surface area contributed by atoms with Crippen LogP contribution in [0.5, 0.6) is 0 Å². The Balaban J connectivity index is 1.72. The summed E-state index contributed by atoms with van der Waals surface area (Å²) < 4.78 is 0. The molecule has 2 aliphatic heterocycles. The van der Waals surface area contributed by atoms with Crippen LogP contribution in [0.4, 0.5) is 0 Å². The number of halogens is 1. The fourth-order valence-corrected chi connectivity index (χ4v) is 4.34. The predicted molar refractivity (Wildman–Crippen MR) is 99.1 cm³/mol. The lowest BCUT2D eigenvalue weighted by Gasteiger charge is -2.20. The molecule has 0 N–H and O–H groups in total. The van der Waals surface area contributed by atoms with Gasteiger partial charge in [-0.1, -0.05) is 35.9 Å². The smallest absolute Gasteiger partial charge is 0.278 e. The molecule has 0 bridgehead atoms. The van der Waals surface area contributed by atoms with Crippen LogP contribution < -0.4 is 0 Å². The van der Waals surface area contributed by atoms with Crippen LogP contribution in [-0.2, 0) is 16.1 Å². The Labute approximate surface area is 155 Å². The minimum atomic E-state index is -0.228. The molecule has 1 fully saturated rings. The van der Waals surface area contributed by atoms with Crippen LogP contribution >= 0.6 is 22.9 Å². The van der Waals surface area contributed by atoms with Gasteiger partial charge in [0, 0.05) is 23.0 Å². The number of amides is 2. The number of hydrogen-bond donors (Lipinski definition) is 0. The van der Waals surface area contributed by atoms with Crippen molar-refractivity contribution >= 4 is 40.3 Å². The number of nitrogens with zero attached hydrogens (tertiary/aromatic N) is 2. The molecule has 0 aliphatic carbocycles. The van der Waals surface area contributed by atoms with Gasteiger partial charge in [-0.15, -0.1) is 11.3 Å². The van der Waals surface area contributed by atoms with E-state index >= 15 is 0 Å². The highest BCUT2D eigenvalue weighted by atomic mass is 35.5. The van der Waals surface area contributed by atoms with E-state index in [9.17, 15) is 9.59 Å². The molecule has 2 aliphatic rings. The van der Waals surface area contributed by atoms with E-state index in [4.69, 9.17) is 11.6 Å². The van der Waals surface area contributed by atoms with Gasteiger partial charge >= 0.3 is 0 Å². The second kappa shape index (κ2) is 6.65. The fraction of sp³-hybridized carbons (Fsp3) is 0.263. The summed E-state index contributed by atoms with van der Waals surface area (Å²) in [5.41, 5.74) is 1.87. The molecule has 0 atom stereocenters. The van der Waals surface area contributed by atoms with Crippen molar-refractivity contribution in [1.82, 2.24) is 9.80 Å². The van der Waals surface area contributed by atoms with Crippen LogP contribution in [0.25, 0.3) is 5.57 Å². The minimum Gasteiger partial charge on any atom is -0.366 e. The second-order valence-corrected chi connectivity index (χ2v) is 7.54. The van der Waals surface area contributed by atoms with Crippen molar-refractivity contribution in [2.45, 2.75) is 19.4 Å². The van der Waals surface area contributed by atoms with Gasteiger partial charge in [-0.3, -0.25) is 14.5 Å². The molecular weight excluding hydrogens is 356 g/mol. The van der Waals surface area contributed by atoms with Gasteiger partial charge < -0.3 is 4.90 Å². The lowest BCUT2D eigenvalue weighted by Crippen LogP contribution is -2.34. The number of benzene rings is 1. The first kappa shape index (κ1) is 16.4. The van der Waals surface area contributed by atoms with Gasteiger partial charge in [0.25, 0.3) is 11.8 Å². The predicted octanol–water partition coefficient (Wildman–Crippen LogP) is 3.78. The maximum Gasteiger partial charge on any atom is 0.278 e. The van der Waals surface area contributed by atoms with E-state index in [0.29, 0.717) is 16.3 Å². The van der Waals surface area contributed by atoms with E-state index in [1.807, 2.05) is 35.7 Å². The Hall–Kier alpha value is -2.11. The van der Waals surface area contributed by atoms with Crippen molar-refractivity contribution in [2.75, 3.05) is 13.1 Å². The van der Waals surface area contributed by atoms with Gasteiger partial charge in [0.15, 0.2) is 0 Å². The number of carbonyl (C=O) groups excluding carboxylic acids is 2. The zero-order valence-electron chi connectivity index (χ0n) is 13.6. The van der Waals surface area contributed by atoms with E-state index in [1.54, 1.807) is 6.07 Å². The van der Waals surface area contributed by atoms with Crippen molar-refractivity contribution in [1.29, 1.82) is 0 Å². The summed E-state index contributed by atoms with van der Waals surface area (Å²) >= 11 is 7.72. The average Bonchev–Trinajstić information content (AvgIpc) is 3.34. The highest BCUT2D eigenvalue weighted by Crippen LogP contribution is 2.36. The largest absolute Gasteiger partial charge is 0.366 e. The van der Waals surface area contributed by atoms with Gasteiger partial charge in [-0.05, 0) is 35.9 Å². The number of carbonyl (C=O) groups is 2. The molecule has 1 aromatic carbocycles. The Bertz CT molecular complexity index is 854. The first-order valence-electron chi connectivity index (χ1n) is 8.29. The molecule has 0 radical (unpaired) electrons. The Morgan fingerprint density at radius 1 is 1.00 bits per heavy atom. The number of hydrogen-bond acceptors (Lipinski definition) is 4. The Kier molecular flexibility index (Phi) is 4.36. The third kappa shape index (κ3) is 2.87. The van der Waals surface area contributed by atoms with Crippen LogP contribution in [0.15, 0.2) is 47.5 Å². The molecule has 2 amide bonds. The van der Waals surface area contributed by atoms with E-state index < -0.39 is 0 Å². The Morgan fingerprint density at radius 2 is 1.76 bits per heavy atom. The molecule has 0 unspecified atom stereocenters. The van der Waals surface area contributed by atoms with Crippen LogP contribution in [0, 0.1) is 0 Å². The normalized spacial score (nSPS) is 18.0. The summed E-state index contributed by atoms with van der Waals surface area (Å²) in [6, 6.07) is 11.1. The SMILES string of the molecule is O=C1C(c2cccs2)=C(N2CCCC2)C(=O)N1Cc1ccccc1Cl. The van der Waals surface area contributed by atoms with Crippen molar-refractivity contribution in [3.8, 4) is 0 Å². The topological polar surface area (TPSA) is 40.6 Å². The lowest BCUT2D eigenvalue weighted by molar-refractivity contribution is -0.138. The zero-order chi connectivity index (χ0) is 17.4. The van der Waals surface area contributed by atoms with Crippen LogP contribution in [0.2, 0.25) is 5.02 Å². The summed E-state index contributed by atoms with van der Waals surface area (Å²) in [6.45, 7) is 1.84. The number of imide groups is 1. The molecule has 128 valence electrons. The number of thiophene rings is 1. The average molecular weight is 373 g/mol. The molecule has 2 aromatic rings. The van der Waals surface area contributed by atoms with E-state index in [0.717, 1.165) is 36.4 Å². The summed E-state index contributed by atoms with van der Waals surface area (Å²) in [4.78, 5) is 30.4. The highest BCUT2D eigenvalue weighted by molar-refractivity contribution is 7.11.